The maximum atomic E-state index is 9.87. The first-order valence-corrected chi connectivity index (χ1v) is 13.3. The highest BCUT2D eigenvalue weighted by molar-refractivity contribution is 6.30. The van der Waals surface area contributed by atoms with Crippen LogP contribution in [0.3, 0.4) is 0 Å². The second kappa shape index (κ2) is 14.9. The Balaban J connectivity index is 1.39. The Kier molecular flexibility index (Phi) is 11.0. The number of hydrogen-bond acceptors (Lipinski definition) is 5. The van der Waals surface area contributed by atoms with Crippen LogP contribution < -0.4 is 4.74 Å². The molecule has 4 rings (SSSR count). The van der Waals surface area contributed by atoms with Gasteiger partial charge in [-0.25, -0.2) is 0 Å². The highest BCUT2D eigenvalue weighted by Crippen LogP contribution is 2.35. The third-order valence-electron chi connectivity index (χ3n) is 6.23. The smallest absolute Gasteiger partial charge is 0.157 e. The molecule has 1 saturated heterocycles. The van der Waals surface area contributed by atoms with Gasteiger partial charge in [0.2, 0.25) is 0 Å². The zero-order valence-electron chi connectivity index (χ0n) is 21.1. The fourth-order valence-electron chi connectivity index (χ4n) is 4.42. The van der Waals surface area contributed by atoms with Gasteiger partial charge in [-0.2, -0.15) is 0 Å². The van der Waals surface area contributed by atoms with E-state index in [9.17, 15) is 5.11 Å². The normalized spacial score (nSPS) is 16.3. The van der Waals surface area contributed by atoms with E-state index < -0.39 is 0 Å². The third-order valence-corrected chi connectivity index (χ3v) is 6.48. The molecule has 1 N–H and O–H groups in total. The Morgan fingerprint density at radius 1 is 0.811 bits per heavy atom. The van der Waals surface area contributed by atoms with Gasteiger partial charge in [-0.3, -0.25) is 0 Å². The Morgan fingerprint density at radius 2 is 1.51 bits per heavy atom. The first-order chi connectivity index (χ1) is 18.2. The molecule has 0 spiro atoms. The van der Waals surface area contributed by atoms with E-state index in [4.69, 9.17) is 30.5 Å². The van der Waals surface area contributed by atoms with E-state index in [0.717, 1.165) is 59.5 Å². The van der Waals surface area contributed by atoms with Gasteiger partial charge in [0.1, 0.15) is 12.4 Å². The summed E-state index contributed by atoms with van der Waals surface area (Å²) in [5.74, 6) is 0.776. The van der Waals surface area contributed by atoms with E-state index in [1.165, 1.54) is 0 Å². The summed E-state index contributed by atoms with van der Waals surface area (Å²) in [6.45, 7) is 2.83. The topological polar surface area (TPSA) is 57.2 Å². The first kappa shape index (κ1) is 27.4. The number of benzene rings is 3. The van der Waals surface area contributed by atoms with Gasteiger partial charge in [0.05, 0.1) is 19.8 Å². The van der Waals surface area contributed by atoms with E-state index in [1.54, 1.807) is 0 Å². The summed E-state index contributed by atoms with van der Waals surface area (Å²) in [5.41, 5.74) is 5.31. The van der Waals surface area contributed by atoms with Crippen LogP contribution >= 0.6 is 11.6 Å². The third kappa shape index (κ3) is 8.42. The van der Waals surface area contributed by atoms with Crippen LogP contribution in [0.1, 0.15) is 42.4 Å². The van der Waals surface area contributed by atoms with E-state index >= 15 is 0 Å². The standard InChI is InChI=1S/C31H35ClO5/c32-27-13-9-25(10-14-27)31(29(17-18-33)24-6-2-1-3-7-24)26-11-15-28(16-12-26)35-22-20-34-21-23-37-30-8-4-5-19-36-30/h1-3,6-7,9-16,30,33H,4-5,8,17-23H2. The first-order valence-electron chi connectivity index (χ1n) is 12.9. The molecule has 196 valence electrons. The van der Waals surface area contributed by atoms with Crippen LogP contribution in [0.2, 0.25) is 5.02 Å². The SMILES string of the molecule is OCCC(=C(c1ccc(Cl)cc1)c1ccc(OCCOCCOC2CCCCO2)cc1)c1ccccc1. The van der Waals surface area contributed by atoms with Crippen molar-refractivity contribution in [3.8, 4) is 5.75 Å². The number of rotatable bonds is 13. The van der Waals surface area contributed by atoms with Crippen molar-refractivity contribution in [2.24, 2.45) is 0 Å². The molecule has 1 aliphatic rings. The van der Waals surface area contributed by atoms with Crippen molar-refractivity contribution in [2.75, 3.05) is 39.6 Å². The monoisotopic (exact) mass is 522 g/mol. The molecule has 1 fully saturated rings. The lowest BCUT2D eigenvalue weighted by Gasteiger charge is -2.22. The summed E-state index contributed by atoms with van der Waals surface area (Å²) in [6.07, 6.45) is 3.68. The number of hydrogen-bond donors (Lipinski definition) is 1. The Bertz CT molecular complexity index is 1090. The molecule has 1 heterocycles. The second-order valence-corrected chi connectivity index (χ2v) is 9.29. The molecule has 1 unspecified atom stereocenters. The molecule has 0 aliphatic carbocycles. The van der Waals surface area contributed by atoms with Crippen molar-refractivity contribution < 1.29 is 24.1 Å². The van der Waals surface area contributed by atoms with Crippen molar-refractivity contribution in [1.82, 2.24) is 0 Å². The van der Waals surface area contributed by atoms with E-state index in [-0.39, 0.29) is 12.9 Å². The summed E-state index contributed by atoms with van der Waals surface area (Å²) in [4.78, 5) is 0. The van der Waals surface area contributed by atoms with Crippen LogP contribution in [0, 0.1) is 0 Å². The molecule has 6 heteroatoms. The van der Waals surface area contributed by atoms with Crippen molar-refractivity contribution in [1.29, 1.82) is 0 Å². The van der Waals surface area contributed by atoms with Gasteiger partial charge in [0, 0.05) is 18.2 Å². The lowest BCUT2D eigenvalue weighted by atomic mass is 9.88. The predicted octanol–water partition coefficient (Wildman–Crippen LogP) is 6.62. The Hall–Kier alpha value is -2.67. The van der Waals surface area contributed by atoms with Crippen molar-refractivity contribution in [3.63, 3.8) is 0 Å². The van der Waals surface area contributed by atoms with Gasteiger partial charge in [-0.15, -0.1) is 0 Å². The van der Waals surface area contributed by atoms with E-state index in [2.05, 4.69) is 24.3 Å². The minimum absolute atomic E-state index is 0.0568. The molecule has 1 atom stereocenters. The maximum Gasteiger partial charge on any atom is 0.157 e. The minimum atomic E-state index is -0.0845. The van der Waals surface area contributed by atoms with Crippen LogP contribution in [0.4, 0.5) is 0 Å². The van der Waals surface area contributed by atoms with Crippen LogP contribution in [-0.2, 0) is 14.2 Å². The molecule has 0 aromatic heterocycles. The van der Waals surface area contributed by atoms with Crippen LogP contribution in [0.15, 0.2) is 78.9 Å². The van der Waals surface area contributed by atoms with Gasteiger partial charge >= 0.3 is 0 Å². The zero-order valence-corrected chi connectivity index (χ0v) is 21.9. The molecular formula is C31H35ClO5. The Morgan fingerprint density at radius 3 is 2.19 bits per heavy atom. The summed E-state index contributed by atoms with van der Waals surface area (Å²) in [6, 6.07) is 26.0. The summed E-state index contributed by atoms with van der Waals surface area (Å²) >= 11 is 6.17. The van der Waals surface area contributed by atoms with Gasteiger partial charge in [-0.05, 0) is 77.8 Å². The van der Waals surface area contributed by atoms with Gasteiger partial charge in [-0.1, -0.05) is 66.2 Å². The predicted molar refractivity (Wildman–Crippen MR) is 148 cm³/mol. The highest BCUT2D eigenvalue weighted by Gasteiger charge is 2.15. The summed E-state index contributed by atoms with van der Waals surface area (Å²) in [5, 5.41) is 10.6. The van der Waals surface area contributed by atoms with Crippen LogP contribution in [-0.4, -0.2) is 51.0 Å². The molecule has 5 nitrogen and oxygen atoms in total. The average Bonchev–Trinajstić information content (AvgIpc) is 2.95. The zero-order chi connectivity index (χ0) is 25.7. The number of halogens is 1. The molecule has 1 aliphatic heterocycles. The van der Waals surface area contributed by atoms with Crippen LogP contribution in [0.5, 0.6) is 5.75 Å². The molecular weight excluding hydrogens is 488 g/mol. The summed E-state index contributed by atoms with van der Waals surface area (Å²) in [7, 11) is 0. The van der Waals surface area contributed by atoms with Gasteiger partial charge < -0.3 is 24.1 Å². The molecule has 0 radical (unpaired) electrons. The average molecular weight is 523 g/mol. The minimum Gasteiger partial charge on any atom is -0.491 e. The number of ether oxygens (including phenoxy) is 4. The molecule has 0 saturated carbocycles. The van der Waals surface area contributed by atoms with Gasteiger partial charge in [0.25, 0.3) is 0 Å². The van der Waals surface area contributed by atoms with Crippen LogP contribution in [0.25, 0.3) is 11.1 Å². The van der Waals surface area contributed by atoms with E-state index in [0.29, 0.717) is 37.9 Å². The lowest BCUT2D eigenvalue weighted by Crippen LogP contribution is -2.24. The quantitative estimate of drug-likeness (QED) is 0.202. The Labute approximate surface area is 224 Å². The van der Waals surface area contributed by atoms with Crippen molar-refractivity contribution >= 4 is 22.7 Å². The second-order valence-electron chi connectivity index (χ2n) is 8.85. The summed E-state index contributed by atoms with van der Waals surface area (Å²) < 4.78 is 22.8. The lowest BCUT2D eigenvalue weighted by molar-refractivity contribution is -0.169. The molecule has 37 heavy (non-hydrogen) atoms. The fraction of sp³-hybridized carbons (Fsp3) is 0.355. The van der Waals surface area contributed by atoms with E-state index in [1.807, 2.05) is 54.6 Å². The van der Waals surface area contributed by atoms with Crippen molar-refractivity contribution in [2.45, 2.75) is 32.0 Å². The molecule has 3 aromatic carbocycles. The van der Waals surface area contributed by atoms with Gasteiger partial charge in [0.15, 0.2) is 6.29 Å². The van der Waals surface area contributed by atoms with Crippen molar-refractivity contribution in [3.05, 3.63) is 101 Å². The molecule has 3 aromatic rings. The largest absolute Gasteiger partial charge is 0.491 e. The fourth-order valence-corrected chi connectivity index (χ4v) is 4.54. The number of aliphatic hydroxyl groups excluding tert-OH is 1. The maximum absolute atomic E-state index is 9.87. The molecule has 0 amide bonds. The highest BCUT2D eigenvalue weighted by atomic mass is 35.5. The molecule has 0 bridgehead atoms. The number of aliphatic hydroxyl groups is 1.